The van der Waals surface area contributed by atoms with Crippen LogP contribution in [0.4, 0.5) is 0 Å². The van der Waals surface area contributed by atoms with E-state index in [1.807, 2.05) is 35.2 Å². The van der Waals surface area contributed by atoms with Crippen molar-refractivity contribution in [3.63, 3.8) is 0 Å². The number of piperazine rings is 1. The first-order chi connectivity index (χ1) is 8.22. The Kier molecular flexibility index (Phi) is 3.79. The van der Waals surface area contributed by atoms with E-state index in [0.29, 0.717) is 6.04 Å². The van der Waals surface area contributed by atoms with Gasteiger partial charge in [0.05, 0.1) is 0 Å². The van der Waals surface area contributed by atoms with Crippen LogP contribution in [0.5, 0.6) is 0 Å². The Labute approximate surface area is 103 Å². The lowest BCUT2D eigenvalue weighted by Gasteiger charge is -2.39. The number of hydrogen-bond donors (Lipinski definition) is 0. The molecule has 3 heteroatoms. The zero-order valence-corrected chi connectivity index (χ0v) is 10.6. The number of nitrogens with zero attached hydrogens (tertiary/aromatic N) is 2. The molecule has 1 fully saturated rings. The molecule has 1 amide bonds. The summed E-state index contributed by atoms with van der Waals surface area (Å²) in [5.74, 6) is 0.160. The van der Waals surface area contributed by atoms with Crippen molar-refractivity contribution in [1.29, 1.82) is 0 Å². The smallest absolute Gasteiger partial charge is 0.253 e. The fraction of sp³-hybridized carbons (Fsp3) is 0.500. The lowest BCUT2D eigenvalue weighted by Crippen LogP contribution is -2.53. The van der Waals surface area contributed by atoms with Crippen LogP contribution in [0.15, 0.2) is 30.3 Å². The first-order valence-electron chi connectivity index (χ1n) is 6.30. The van der Waals surface area contributed by atoms with E-state index in [1.54, 1.807) is 0 Å². The van der Waals surface area contributed by atoms with Crippen LogP contribution in [0, 0.1) is 0 Å². The Morgan fingerprint density at radius 1 is 1.29 bits per heavy atom. The molecule has 17 heavy (non-hydrogen) atoms. The lowest BCUT2D eigenvalue weighted by atomic mass is 10.1. The molecule has 0 N–H and O–H groups in total. The van der Waals surface area contributed by atoms with Gasteiger partial charge in [-0.1, -0.05) is 25.1 Å². The highest BCUT2D eigenvalue weighted by Gasteiger charge is 2.25. The van der Waals surface area contributed by atoms with Gasteiger partial charge in [0.2, 0.25) is 0 Å². The second-order valence-corrected chi connectivity index (χ2v) is 4.59. The van der Waals surface area contributed by atoms with Crippen molar-refractivity contribution in [3.05, 3.63) is 35.9 Å². The average molecular weight is 232 g/mol. The molecule has 1 aliphatic heterocycles. The van der Waals surface area contributed by atoms with Crippen LogP contribution in [-0.2, 0) is 0 Å². The molecule has 1 heterocycles. The third-order valence-electron chi connectivity index (χ3n) is 3.48. The van der Waals surface area contributed by atoms with E-state index in [4.69, 9.17) is 0 Å². The SMILES string of the molecule is CCN1CCN(C(=O)c2ccccc2)CC1C. The van der Waals surface area contributed by atoms with E-state index in [2.05, 4.69) is 18.7 Å². The molecule has 92 valence electrons. The minimum absolute atomic E-state index is 0.160. The van der Waals surface area contributed by atoms with Gasteiger partial charge in [-0.25, -0.2) is 0 Å². The quantitative estimate of drug-likeness (QED) is 0.777. The van der Waals surface area contributed by atoms with Crippen molar-refractivity contribution >= 4 is 5.91 Å². The summed E-state index contributed by atoms with van der Waals surface area (Å²) in [5.41, 5.74) is 0.796. The summed E-state index contributed by atoms with van der Waals surface area (Å²) in [6, 6.07) is 10.0. The maximum atomic E-state index is 12.2. The zero-order chi connectivity index (χ0) is 12.3. The molecular weight excluding hydrogens is 212 g/mol. The molecule has 1 unspecified atom stereocenters. The number of amides is 1. The summed E-state index contributed by atoms with van der Waals surface area (Å²) >= 11 is 0. The number of carbonyl (C=O) groups excluding carboxylic acids is 1. The molecule has 1 aliphatic rings. The fourth-order valence-corrected chi connectivity index (χ4v) is 2.41. The van der Waals surface area contributed by atoms with Crippen LogP contribution in [0.2, 0.25) is 0 Å². The highest BCUT2D eigenvalue weighted by molar-refractivity contribution is 5.94. The molecular formula is C14H20N2O. The average Bonchev–Trinajstić information content (AvgIpc) is 2.39. The van der Waals surface area contributed by atoms with Gasteiger partial charge < -0.3 is 4.90 Å². The second-order valence-electron chi connectivity index (χ2n) is 4.59. The topological polar surface area (TPSA) is 23.6 Å². The van der Waals surface area contributed by atoms with Gasteiger partial charge in [0.1, 0.15) is 0 Å². The Bertz CT molecular complexity index is 377. The van der Waals surface area contributed by atoms with Gasteiger partial charge in [0.15, 0.2) is 0 Å². The number of rotatable bonds is 2. The van der Waals surface area contributed by atoms with Gasteiger partial charge in [0.25, 0.3) is 5.91 Å². The van der Waals surface area contributed by atoms with Gasteiger partial charge in [0, 0.05) is 31.2 Å². The van der Waals surface area contributed by atoms with Gasteiger partial charge >= 0.3 is 0 Å². The molecule has 0 radical (unpaired) electrons. The molecule has 0 saturated carbocycles. The molecule has 0 spiro atoms. The van der Waals surface area contributed by atoms with Crippen molar-refractivity contribution in [3.8, 4) is 0 Å². The summed E-state index contributed by atoms with van der Waals surface area (Å²) < 4.78 is 0. The van der Waals surface area contributed by atoms with Gasteiger partial charge in [-0.05, 0) is 25.6 Å². The summed E-state index contributed by atoms with van der Waals surface area (Å²) in [7, 11) is 0. The Morgan fingerprint density at radius 3 is 2.59 bits per heavy atom. The molecule has 3 nitrogen and oxygen atoms in total. The first kappa shape index (κ1) is 12.1. The minimum atomic E-state index is 0.160. The summed E-state index contributed by atoms with van der Waals surface area (Å²) in [6.45, 7) is 8.08. The van der Waals surface area contributed by atoms with Crippen LogP contribution in [-0.4, -0.2) is 47.9 Å². The number of benzene rings is 1. The maximum absolute atomic E-state index is 12.2. The normalized spacial score (nSPS) is 21.5. The molecule has 1 atom stereocenters. The molecule has 0 aliphatic carbocycles. The standard InChI is InChI=1S/C14H20N2O/c1-3-15-9-10-16(11-12(15)2)14(17)13-7-5-4-6-8-13/h4-8,12H,3,9-11H2,1-2H3. The van der Waals surface area contributed by atoms with E-state index < -0.39 is 0 Å². The Hall–Kier alpha value is -1.35. The molecule has 0 bridgehead atoms. The summed E-state index contributed by atoms with van der Waals surface area (Å²) in [5, 5.41) is 0. The summed E-state index contributed by atoms with van der Waals surface area (Å²) in [4.78, 5) is 16.6. The van der Waals surface area contributed by atoms with Crippen LogP contribution >= 0.6 is 0 Å². The minimum Gasteiger partial charge on any atom is -0.336 e. The van der Waals surface area contributed by atoms with Crippen LogP contribution in [0.3, 0.4) is 0 Å². The van der Waals surface area contributed by atoms with Crippen molar-refractivity contribution in [2.45, 2.75) is 19.9 Å². The monoisotopic (exact) mass is 232 g/mol. The number of hydrogen-bond acceptors (Lipinski definition) is 2. The molecule has 0 aromatic heterocycles. The molecule has 1 saturated heterocycles. The highest BCUT2D eigenvalue weighted by atomic mass is 16.2. The number of likely N-dealkylation sites (N-methyl/N-ethyl adjacent to an activating group) is 1. The fourth-order valence-electron chi connectivity index (χ4n) is 2.41. The highest BCUT2D eigenvalue weighted by Crippen LogP contribution is 2.12. The van der Waals surface area contributed by atoms with Gasteiger partial charge in [-0.15, -0.1) is 0 Å². The molecule has 1 aromatic rings. The third kappa shape index (κ3) is 2.67. The maximum Gasteiger partial charge on any atom is 0.253 e. The predicted molar refractivity (Wildman–Crippen MR) is 69.1 cm³/mol. The third-order valence-corrected chi connectivity index (χ3v) is 3.48. The zero-order valence-electron chi connectivity index (χ0n) is 10.6. The Balaban J connectivity index is 2.03. The van der Waals surface area contributed by atoms with Crippen LogP contribution < -0.4 is 0 Å². The molecule has 2 rings (SSSR count). The van der Waals surface area contributed by atoms with E-state index in [9.17, 15) is 4.79 Å². The molecule has 1 aromatic carbocycles. The van der Waals surface area contributed by atoms with Crippen molar-refractivity contribution in [2.75, 3.05) is 26.2 Å². The van der Waals surface area contributed by atoms with Crippen molar-refractivity contribution in [1.82, 2.24) is 9.80 Å². The lowest BCUT2D eigenvalue weighted by molar-refractivity contribution is 0.0528. The van der Waals surface area contributed by atoms with E-state index >= 15 is 0 Å². The van der Waals surface area contributed by atoms with Gasteiger partial charge in [-0.3, -0.25) is 9.69 Å². The Morgan fingerprint density at radius 2 is 2.00 bits per heavy atom. The van der Waals surface area contributed by atoms with Crippen molar-refractivity contribution in [2.24, 2.45) is 0 Å². The van der Waals surface area contributed by atoms with Crippen LogP contribution in [0.1, 0.15) is 24.2 Å². The largest absolute Gasteiger partial charge is 0.336 e. The van der Waals surface area contributed by atoms with E-state index in [0.717, 1.165) is 31.7 Å². The second kappa shape index (κ2) is 5.32. The van der Waals surface area contributed by atoms with Crippen LogP contribution in [0.25, 0.3) is 0 Å². The van der Waals surface area contributed by atoms with Gasteiger partial charge in [-0.2, -0.15) is 0 Å². The summed E-state index contributed by atoms with van der Waals surface area (Å²) in [6.07, 6.45) is 0. The van der Waals surface area contributed by atoms with Crippen molar-refractivity contribution < 1.29 is 4.79 Å². The number of carbonyl (C=O) groups is 1. The first-order valence-corrected chi connectivity index (χ1v) is 6.30. The predicted octanol–water partition coefficient (Wildman–Crippen LogP) is 1.85. The van der Waals surface area contributed by atoms with E-state index in [-0.39, 0.29) is 5.91 Å². The van der Waals surface area contributed by atoms with E-state index in [1.165, 1.54) is 0 Å².